The lowest BCUT2D eigenvalue weighted by Gasteiger charge is -2.18. The fourth-order valence-corrected chi connectivity index (χ4v) is 1.77. The molecule has 17 heavy (non-hydrogen) atoms. The number of rotatable bonds is 6. The van der Waals surface area contributed by atoms with E-state index in [0.717, 1.165) is 11.1 Å². The van der Waals surface area contributed by atoms with Crippen LogP contribution in [0.5, 0.6) is 11.5 Å². The monoisotopic (exact) mass is 240 g/mol. The van der Waals surface area contributed by atoms with E-state index in [1.54, 1.807) is 21.3 Å². The maximum Gasteiger partial charge on any atom is 0.164 e. The fourth-order valence-electron chi connectivity index (χ4n) is 1.77. The van der Waals surface area contributed by atoms with Crippen LogP contribution in [0.15, 0.2) is 12.1 Å². The zero-order valence-electron chi connectivity index (χ0n) is 10.8. The average molecular weight is 240 g/mol. The highest BCUT2D eigenvalue weighted by atomic mass is 16.5. The van der Waals surface area contributed by atoms with Crippen molar-refractivity contribution in [2.45, 2.75) is 19.4 Å². The molecule has 1 N–H and O–H groups in total. The van der Waals surface area contributed by atoms with Gasteiger partial charge in [0, 0.05) is 25.2 Å². The number of benzene rings is 1. The highest BCUT2D eigenvalue weighted by Gasteiger charge is 2.16. The van der Waals surface area contributed by atoms with E-state index in [-0.39, 0.29) is 12.5 Å². The minimum atomic E-state index is -0.00402. The Bertz CT molecular complexity index is 363. The predicted octanol–water partition coefficient (Wildman–Crippen LogP) is 1.95. The van der Waals surface area contributed by atoms with E-state index in [9.17, 15) is 5.11 Å². The predicted molar refractivity (Wildman–Crippen MR) is 65.8 cm³/mol. The quantitative estimate of drug-likeness (QED) is 0.825. The molecule has 0 aliphatic heterocycles. The van der Waals surface area contributed by atoms with Crippen LogP contribution in [-0.4, -0.2) is 33.0 Å². The summed E-state index contributed by atoms with van der Waals surface area (Å²) in [7, 11) is 4.84. The molecule has 1 unspecified atom stereocenters. The van der Waals surface area contributed by atoms with E-state index in [0.29, 0.717) is 18.1 Å². The summed E-state index contributed by atoms with van der Waals surface area (Å²) in [5.74, 6) is 1.34. The Morgan fingerprint density at radius 1 is 1.18 bits per heavy atom. The first-order valence-electron chi connectivity index (χ1n) is 5.52. The average Bonchev–Trinajstić information content (AvgIpc) is 2.37. The lowest BCUT2D eigenvalue weighted by Crippen LogP contribution is -2.05. The molecule has 0 saturated heterocycles. The molecule has 0 aliphatic rings. The molecule has 0 amide bonds. The van der Waals surface area contributed by atoms with Crippen molar-refractivity contribution in [3.8, 4) is 11.5 Å². The van der Waals surface area contributed by atoms with Crippen molar-refractivity contribution in [1.29, 1.82) is 0 Å². The van der Waals surface area contributed by atoms with Gasteiger partial charge in [-0.2, -0.15) is 0 Å². The molecule has 4 nitrogen and oxygen atoms in total. The van der Waals surface area contributed by atoms with E-state index in [4.69, 9.17) is 14.2 Å². The number of methoxy groups -OCH3 is 3. The number of aliphatic hydroxyl groups excluding tert-OH is 1. The molecule has 0 heterocycles. The summed E-state index contributed by atoms with van der Waals surface area (Å²) >= 11 is 0. The van der Waals surface area contributed by atoms with Gasteiger partial charge in [0.05, 0.1) is 20.8 Å². The van der Waals surface area contributed by atoms with Crippen LogP contribution in [0.1, 0.15) is 24.0 Å². The SMILES string of the molecule is COCc1cc(OC)c(OC)c(C(C)CO)c1. The number of hydrogen-bond donors (Lipinski definition) is 1. The van der Waals surface area contributed by atoms with Crippen molar-refractivity contribution in [1.82, 2.24) is 0 Å². The minimum absolute atomic E-state index is 0.00402. The second kappa shape index (κ2) is 6.47. The summed E-state index contributed by atoms with van der Waals surface area (Å²) in [5, 5.41) is 9.26. The maximum atomic E-state index is 9.26. The van der Waals surface area contributed by atoms with Crippen LogP contribution >= 0.6 is 0 Å². The summed E-state index contributed by atoms with van der Waals surface area (Å²) in [6.45, 7) is 2.51. The summed E-state index contributed by atoms with van der Waals surface area (Å²) in [6, 6.07) is 3.86. The molecule has 1 aromatic rings. The third kappa shape index (κ3) is 3.11. The molecule has 0 bridgehead atoms. The van der Waals surface area contributed by atoms with Crippen molar-refractivity contribution in [2.24, 2.45) is 0 Å². The van der Waals surface area contributed by atoms with E-state index in [1.807, 2.05) is 19.1 Å². The third-order valence-electron chi connectivity index (χ3n) is 2.68. The Morgan fingerprint density at radius 2 is 1.88 bits per heavy atom. The molecule has 0 spiro atoms. The van der Waals surface area contributed by atoms with Gasteiger partial charge in [0.2, 0.25) is 0 Å². The Morgan fingerprint density at radius 3 is 2.35 bits per heavy atom. The molecule has 1 atom stereocenters. The van der Waals surface area contributed by atoms with Crippen LogP contribution in [-0.2, 0) is 11.3 Å². The normalized spacial score (nSPS) is 12.3. The van der Waals surface area contributed by atoms with Gasteiger partial charge in [-0.1, -0.05) is 6.92 Å². The Kier molecular flexibility index (Phi) is 5.25. The van der Waals surface area contributed by atoms with Crippen molar-refractivity contribution < 1.29 is 19.3 Å². The van der Waals surface area contributed by atoms with E-state index in [2.05, 4.69) is 0 Å². The van der Waals surface area contributed by atoms with Gasteiger partial charge < -0.3 is 19.3 Å². The van der Waals surface area contributed by atoms with Crippen molar-refractivity contribution >= 4 is 0 Å². The van der Waals surface area contributed by atoms with Gasteiger partial charge >= 0.3 is 0 Å². The molecule has 0 saturated carbocycles. The number of aliphatic hydroxyl groups is 1. The van der Waals surface area contributed by atoms with Crippen molar-refractivity contribution in [3.05, 3.63) is 23.3 Å². The van der Waals surface area contributed by atoms with Crippen LogP contribution in [0.3, 0.4) is 0 Å². The molecular formula is C13H20O4. The highest BCUT2D eigenvalue weighted by molar-refractivity contribution is 5.51. The van der Waals surface area contributed by atoms with Crippen LogP contribution in [0.2, 0.25) is 0 Å². The van der Waals surface area contributed by atoms with Crippen molar-refractivity contribution in [2.75, 3.05) is 27.9 Å². The molecule has 1 aromatic carbocycles. The Labute approximate surface area is 102 Å². The summed E-state index contributed by atoms with van der Waals surface area (Å²) < 4.78 is 15.8. The standard InChI is InChI=1S/C13H20O4/c1-9(7-14)11-5-10(8-15-2)6-12(16-3)13(11)17-4/h5-6,9,14H,7-8H2,1-4H3. The van der Waals surface area contributed by atoms with E-state index < -0.39 is 0 Å². The minimum Gasteiger partial charge on any atom is -0.493 e. The second-order valence-electron chi connectivity index (χ2n) is 3.94. The highest BCUT2D eigenvalue weighted by Crippen LogP contribution is 2.36. The summed E-state index contributed by atoms with van der Waals surface area (Å²) in [5.41, 5.74) is 1.93. The van der Waals surface area contributed by atoms with Gasteiger partial charge in [-0.15, -0.1) is 0 Å². The second-order valence-corrected chi connectivity index (χ2v) is 3.94. The van der Waals surface area contributed by atoms with Crippen LogP contribution in [0.4, 0.5) is 0 Å². The topological polar surface area (TPSA) is 47.9 Å². The van der Waals surface area contributed by atoms with E-state index >= 15 is 0 Å². The zero-order chi connectivity index (χ0) is 12.8. The van der Waals surface area contributed by atoms with Crippen LogP contribution in [0, 0.1) is 0 Å². The maximum absolute atomic E-state index is 9.26. The molecule has 0 radical (unpaired) electrons. The number of ether oxygens (including phenoxy) is 3. The third-order valence-corrected chi connectivity index (χ3v) is 2.68. The molecular weight excluding hydrogens is 220 g/mol. The van der Waals surface area contributed by atoms with Gasteiger partial charge in [0.15, 0.2) is 11.5 Å². The summed E-state index contributed by atoms with van der Waals surface area (Å²) in [4.78, 5) is 0. The first-order valence-corrected chi connectivity index (χ1v) is 5.52. The van der Waals surface area contributed by atoms with E-state index in [1.165, 1.54) is 0 Å². The van der Waals surface area contributed by atoms with Gasteiger partial charge in [-0.3, -0.25) is 0 Å². The molecule has 0 aliphatic carbocycles. The van der Waals surface area contributed by atoms with Gasteiger partial charge in [-0.05, 0) is 17.7 Å². The zero-order valence-corrected chi connectivity index (χ0v) is 10.8. The molecule has 4 heteroatoms. The van der Waals surface area contributed by atoms with Gasteiger partial charge in [0.25, 0.3) is 0 Å². The van der Waals surface area contributed by atoms with Crippen LogP contribution in [0.25, 0.3) is 0 Å². The Balaban J connectivity index is 3.26. The lowest BCUT2D eigenvalue weighted by atomic mass is 9.98. The molecule has 0 aromatic heterocycles. The lowest BCUT2D eigenvalue weighted by molar-refractivity contribution is 0.184. The van der Waals surface area contributed by atoms with Gasteiger partial charge in [0.1, 0.15) is 0 Å². The van der Waals surface area contributed by atoms with Gasteiger partial charge in [-0.25, -0.2) is 0 Å². The Hall–Kier alpha value is -1.26. The first kappa shape index (κ1) is 13.8. The summed E-state index contributed by atoms with van der Waals surface area (Å²) in [6.07, 6.45) is 0. The van der Waals surface area contributed by atoms with Crippen LogP contribution < -0.4 is 9.47 Å². The molecule has 96 valence electrons. The van der Waals surface area contributed by atoms with Crippen molar-refractivity contribution in [3.63, 3.8) is 0 Å². The first-order chi connectivity index (χ1) is 8.17. The molecule has 1 rings (SSSR count). The number of hydrogen-bond acceptors (Lipinski definition) is 4. The fraction of sp³-hybridized carbons (Fsp3) is 0.538. The molecule has 0 fully saturated rings. The smallest absolute Gasteiger partial charge is 0.164 e. The largest absolute Gasteiger partial charge is 0.493 e.